The van der Waals surface area contributed by atoms with Crippen molar-refractivity contribution in [2.24, 2.45) is 0 Å². The first-order valence-corrected chi connectivity index (χ1v) is 12.6. The third-order valence-corrected chi connectivity index (χ3v) is 8.44. The first-order chi connectivity index (χ1) is 13.7. The molecule has 1 N–H and O–H groups in total. The summed E-state index contributed by atoms with van der Waals surface area (Å²) in [5, 5.41) is 0. The van der Waals surface area contributed by atoms with Crippen LogP contribution in [0.2, 0.25) is 0 Å². The number of nitrogens with one attached hydrogen (secondary N) is 1. The fourth-order valence-corrected chi connectivity index (χ4v) is 6.24. The molecule has 0 radical (unpaired) electrons. The van der Waals surface area contributed by atoms with Crippen molar-refractivity contribution < 1.29 is 21.6 Å². The van der Waals surface area contributed by atoms with Gasteiger partial charge in [0.2, 0.25) is 20.0 Å². The van der Waals surface area contributed by atoms with Crippen LogP contribution in [0.15, 0.2) is 47.4 Å². The van der Waals surface area contributed by atoms with Crippen LogP contribution in [0.1, 0.15) is 24.0 Å². The molecule has 1 aliphatic rings. The zero-order chi connectivity index (χ0) is 21.1. The van der Waals surface area contributed by atoms with Crippen molar-refractivity contribution in [2.45, 2.75) is 31.1 Å². The van der Waals surface area contributed by atoms with Crippen LogP contribution < -0.4 is 13.8 Å². The Balaban J connectivity index is 1.75. The maximum absolute atomic E-state index is 12.8. The number of aryl methyl sites for hydroxylation is 1. The topological polar surface area (TPSA) is 92.8 Å². The van der Waals surface area contributed by atoms with Gasteiger partial charge in [0.25, 0.3) is 0 Å². The highest BCUT2D eigenvalue weighted by Crippen LogP contribution is 2.27. The highest BCUT2D eigenvalue weighted by Gasteiger charge is 2.27. The van der Waals surface area contributed by atoms with Crippen molar-refractivity contribution in [1.29, 1.82) is 0 Å². The molecule has 9 heteroatoms. The van der Waals surface area contributed by atoms with E-state index in [0.717, 1.165) is 17.7 Å². The summed E-state index contributed by atoms with van der Waals surface area (Å²) in [5.74, 6) is 0.831. The summed E-state index contributed by atoms with van der Waals surface area (Å²) in [6.07, 6.45) is 1.92. The normalized spacial score (nSPS) is 16.6. The molecule has 2 aromatic carbocycles. The van der Waals surface area contributed by atoms with Crippen LogP contribution in [-0.4, -0.2) is 42.8 Å². The van der Waals surface area contributed by atoms with Crippen LogP contribution in [0.4, 0.5) is 5.69 Å². The number of methoxy groups -OCH3 is 1. The average molecular weight is 439 g/mol. The van der Waals surface area contributed by atoms with Crippen molar-refractivity contribution in [2.75, 3.05) is 30.3 Å². The van der Waals surface area contributed by atoms with Gasteiger partial charge in [0.05, 0.1) is 23.4 Å². The average Bonchev–Trinajstić information content (AvgIpc) is 2.68. The molecular weight excluding hydrogens is 412 g/mol. The van der Waals surface area contributed by atoms with E-state index in [1.807, 2.05) is 24.3 Å². The van der Waals surface area contributed by atoms with Gasteiger partial charge in [0.1, 0.15) is 5.75 Å². The first-order valence-electron chi connectivity index (χ1n) is 9.46. The molecule has 0 amide bonds. The van der Waals surface area contributed by atoms with Gasteiger partial charge >= 0.3 is 0 Å². The Morgan fingerprint density at radius 3 is 2.48 bits per heavy atom. The van der Waals surface area contributed by atoms with Gasteiger partial charge in [0, 0.05) is 13.1 Å². The molecule has 158 valence electrons. The van der Waals surface area contributed by atoms with Gasteiger partial charge in [-0.1, -0.05) is 18.2 Å². The van der Waals surface area contributed by atoms with E-state index >= 15 is 0 Å². The summed E-state index contributed by atoms with van der Waals surface area (Å²) < 4.78 is 59.4. The highest BCUT2D eigenvalue weighted by molar-refractivity contribution is 7.92. The van der Waals surface area contributed by atoms with E-state index in [2.05, 4.69) is 4.72 Å². The monoisotopic (exact) mass is 438 g/mol. The molecule has 0 saturated carbocycles. The van der Waals surface area contributed by atoms with E-state index in [4.69, 9.17) is 4.74 Å². The second kappa shape index (κ2) is 8.73. The minimum Gasteiger partial charge on any atom is -0.497 e. The molecule has 1 aliphatic heterocycles. The predicted octanol–water partition coefficient (Wildman–Crippen LogP) is 2.45. The summed E-state index contributed by atoms with van der Waals surface area (Å²) in [5.41, 5.74) is 1.95. The summed E-state index contributed by atoms with van der Waals surface area (Å²) in [4.78, 5) is 0.102. The number of ether oxygens (including phenoxy) is 1. The fourth-order valence-electron chi connectivity index (χ4n) is 3.31. The summed E-state index contributed by atoms with van der Waals surface area (Å²) in [6, 6.07) is 12.2. The lowest BCUT2D eigenvalue weighted by molar-refractivity contribution is 0.414. The largest absolute Gasteiger partial charge is 0.497 e. The lowest BCUT2D eigenvalue weighted by Gasteiger charge is -2.28. The highest BCUT2D eigenvalue weighted by atomic mass is 32.2. The maximum Gasteiger partial charge on any atom is 0.240 e. The number of sulfonamides is 2. The Bertz CT molecular complexity index is 1060. The second-order valence-electron chi connectivity index (χ2n) is 7.04. The van der Waals surface area contributed by atoms with Crippen LogP contribution in [0.5, 0.6) is 5.75 Å². The Morgan fingerprint density at radius 1 is 1.10 bits per heavy atom. The molecule has 29 heavy (non-hydrogen) atoms. The van der Waals surface area contributed by atoms with Gasteiger partial charge in [-0.15, -0.1) is 0 Å². The summed E-state index contributed by atoms with van der Waals surface area (Å²) in [7, 11) is -5.58. The first kappa shape index (κ1) is 21.6. The lowest BCUT2D eigenvalue weighted by atomic mass is 10.1. The molecule has 0 unspecified atom stereocenters. The van der Waals surface area contributed by atoms with Crippen molar-refractivity contribution in [3.8, 4) is 5.75 Å². The Hall–Kier alpha value is -2.10. The zero-order valence-corrected chi connectivity index (χ0v) is 18.2. The number of rotatable bonds is 7. The van der Waals surface area contributed by atoms with Gasteiger partial charge in [0.15, 0.2) is 0 Å². The number of hydrogen-bond donors (Lipinski definition) is 1. The third kappa shape index (κ3) is 5.09. The fraction of sp³-hybridized carbons (Fsp3) is 0.400. The summed E-state index contributed by atoms with van der Waals surface area (Å²) in [6.45, 7) is 2.31. The van der Waals surface area contributed by atoms with Crippen molar-refractivity contribution >= 4 is 25.7 Å². The minimum atomic E-state index is -3.77. The quantitative estimate of drug-likeness (QED) is 0.717. The van der Waals surface area contributed by atoms with Crippen LogP contribution >= 0.6 is 0 Å². The zero-order valence-electron chi connectivity index (χ0n) is 16.6. The SMILES string of the molecule is COc1ccc(CCNS(=O)(=O)c2cc(N3CCCCS3(=O)=O)ccc2C)cc1. The van der Waals surface area contributed by atoms with E-state index in [0.29, 0.717) is 30.6 Å². The van der Waals surface area contributed by atoms with E-state index in [9.17, 15) is 16.8 Å². The number of anilines is 1. The maximum atomic E-state index is 12.8. The molecule has 1 saturated heterocycles. The second-order valence-corrected chi connectivity index (χ2v) is 10.8. The van der Waals surface area contributed by atoms with Gasteiger partial charge < -0.3 is 4.74 Å². The van der Waals surface area contributed by atoms with Crippen molar-refractivity contribution in [3.05, 3.63) is 53.6 Å². The van der Waals surface area contributed by atoms with Crippen LogP contribution in [0, 0.1) is 6.92 Å². The molecule has 7 nitrogen and oxygen atoms in total. The van der Waals surface area contributed by atoms with E-state index < -0.39 is 20.0 Å². The molecular formula is C20H26N2O5S2. The third-order valence-electron chi connectivity index (χ3n) is 4.96. The van der Waals surface area contributed by atoms with Crippen LogP contribution in [-0.2, 0) is 26.5 Å². The minimum absolute atomic E-state index is 0.0864. The lowest BCUT2D eigenvalue weighted by Crippen LogP contribution is -2.38. The number of benzene rings is 2. The van der Waals surface area contributed by atoms with Gasteiger partial charge in [-0.3, -0.25) is 4.31 Å². The van der Waals surface area contributed by atoms with E-state index in [1.54, 1.807) is 26.2 Å². The van der Waals surface area contributed by atoms with Crippen molar-refractivity contribution in [3.63, 3.8) is 0 Å². The van der Waals surface area contributed by atoms with E-state index in [1.165, 1.54) is 10.4 Å². The van der Waals surface area contributed by atoms with Gasteiger partial charge in [-0.25, -0.2) is 21.6 Å². The van der Waals surface area contributed by atoms with Crippen LogP contribution in [0.25, 0.3) is 0 Å². The van der Waals surface area contributed by atoms with E-state index in [-0.39, 0.29) is 17.2 Å². The molecule has 0 atom stereocenters. The molecule has 0 spiro atoms. The molecule has 3 rings (SSSR count). The molecule has 0 bridgehead atoms. The molecule has 1 fully saturated rings. The van der Waals surface area contributed by atoms with Gasteiger partial charge in [-0.05, 0) is 61.6 Å². The number of nitrogens with zero attached hydrogens (tertiary/aromatic N) is 1. The van der Waals surface area contributed by atoms with Crippen LogP contribution in [0.3, 0.4) is 0 Å². The van der Waals surface area contributed by atoms with Gasteiger partial charge in [-0.2, -0.15) is 0 Å². The standard InChI is InChI=1S/C20H26N2O5S2/c1-16-5-8-18(22-13-3-4-14-28(22,23)24)15-20(16)29(25,26)21-12-11-17-6-9-19(27-2)10-7-17/h5-10,15,21H,3-4,11-14H2,1-2H3. The predicted molar refractivity (Wildman–Crippen MR) is 113 cm³/mol. The van der Waals surface area contributed by atoms with Crippen molar-refractivity contribution in [1.82, 2.24) is 4.72 Å². The Morgan fingerprint density at radius 2 is 1.83 bits per heavy atom. The molecule has 0 aliphatic carbocycles. The number of hydrogen-bond acceptors (Lipinski definition) is 5. The molecule has 2 aromatic rings. The molecule has 1 heterocycles. The smallest absolute Gasteiger partial charge is 0.240 e. The molecule has 0 aromatic heterocycles. The Labute approximate surface area is 172 Å². The Kier molecular flexibility index (Phi) is 6.50. The summed E-state index contributed by atoms with van der Waals surface area (Å²) >= 11 is 0.